The van der Waals surface area contributed by atoms with Crippen LogP contribution >= 0.6 is 0 Å². The van der Waals surface area contributed by atoms with Crippen LogP contribution in [0.4, 0.5) is 0 Å². The van der Waals surface area contributed by atoms with Crippen LogP contribution in [-0.2, 0) is 5.41 Å². The Balaban J connectivity index is 2.35. The summed E-state index contributed by atoms with van der Waals surface area (Å²) in [6.45, 7) is 9.79. The molecule has 1 unspecified atom stereocenters. The molecule has 0 saturated heterocycles. The number of hydrogen-bond donors (Lipinski definition) is 2. The lowest BCUT2D eigenvalue weighted by Crippen LogP contribution is -2.32. The Labute approximate surface area is 117 Å². The zero-order valence-corrected chi connectivity index (χ0v) is 13.0. The van der Waals surface area contributed by atoms with E-state index in [2.05, 4.69) is 58.3 Å². The Morgan fingerprint density at radius 1 is 1.32 bits per heavy atom. The highest BCUT2D eigenvalue weighted by Crippen LogP contribution is 2.54. The first-order chi connectivity index (χ1) is 8.84. The van der Waals surface area contributed by atoms with Gasteiger partial charge in [0.15, 0.2) is 0 Å². The molecule has 1 aliphatic rings. The van der Waals surface area contributed by atoms with Crippen LogP contribution in [0.5, 0.6) is 0 Å². The van der Waals surface area contributed by atoms with E-state index in [0.29, 0.717) is 11.5 Å². The maximum Gasteiger partial charge on any atom is 0.0389 e. The zero-order valence-electron chi connectivity index (χ0n) is 13.0. The summed E-state index contributed by atoms with van der Waals surface area (Å²) in [4.78, 5) is 0. The minimum atomic E-state index is 0.212. The van der Waals surface area contributed by atoms with Crippen molar-refractivity contribution in [2.75, 3.05) is 13.6 Å². The molecule has 0 spiro atoms. The Bertz CT molecular complexity index is 453. The molecule has 0 aromatic heterocycles. The van der Waals surface area contributed by atoms with Crippen LogP contribution in [0.15, 0.2) is 18.2 Å². The van der Waals surface area contributed by atoms with E-state index in [1.54, 1.807) is 0 Å². The molecule has 0 radical (unpaired) electrons. The Morgan fingerprint density at radius 2 is 1.95 bits per heavy atom. The summed E-state index contributed by atoms with van der Waals surface area (Å²) in [6.07, 6.45) is 2.49. The first-order valence-electron chi connectivity index (χ1n) is 7.32. The molecule has 3 N–H and O–H groups in total. The molecule has 1 aliphatic carbocycles. The predicted octanol–water partition coefficient (Wildman–Crippen LogP) is 3.29. The van der Waals surface area contributed by atoms with Gasteiger partial charge in [-0.15, -0.1) is 0 Å². The molecule has 19 heavy (non-hydrogen) atoms. The van der Waals surface area contributed by atoms with Crippen molar-refractivity contribution in [3.05, 3.63) is 34.9 Å². The third-order valence-corrected chi connectivity index (χ3v) is 4.65. The molecule has 2 heteroatoms. The summed E-state index contributed by atoms with van der Waals surface area (Å²) in [6, 6.07) is 7.31. The van der Waals surface area contributed by atoms with Gasteiger partial charge >= 0.3 is 0 Å². The average Bonchev–Trinajstić information content (AvgIpc) is 3.12. The molecule has 2 nitrogen and oxygen atoms in total. The highest BCUT2D eigenvalue weighted by atomic mass is 14.9. The summed E-state index contributed by atoms with van der Waals surface area (Å²) < 4.78 is 0. The standard InChI is InChI=1S/C17H28N2/c1-12-10-13(16(2,3)4)6-7-14(12)15(19-5)17(11-18)8-9-17/h6-7,10,15,19H,8-9,11,18H2,1-5H3. The zero-order chi connectivity index (χ0) is 14.3. The van der Waals surface area contributed by atoms with Gasteiger partial charge < -0.3 is 11.1 Å². The molecule has 0 bridgehead atoms. The van der Waals surface area contributed by atoms with Crippen molar-refractivity contribution in [2.24, 2.45) is 11.1 Å². The van der Waals surface area contributed by atoms with E-state index < -0.39 is 0 Å². The van der Waals surface area contributed by atoms with Gasteiger partial charge in [0.05, 0.1) is 0 Å². The van der Waals surface area contributed by atoms with E-state index in [1.165, 1.54) is 29.5 Å². The molecule has 0 amide bonds. The van der Waals surface area contributed by atoms with Gasteiger partial charge in [0.25, 0.3) is 0 Å². The van der Waals surface area contributed by atoms with Crippen molar-refractivity contribution < 1.29 is 0 Å². The van der Waals surface area contributed by atoms with Crippen molar-refractivity contribution in [2.45, 2.75) is 52.0 Å². The van der Waals surface area contributed by atoms with Crippen LogP contribution in [0, 0.1) is 12.3 Å². The van der Waals surface area contributed by atoms with Crippen molar-refractivity contribution >= 4 is 0 Å². The highest BCUT2D eigenvalue weighted by Gasteiger charge is 2.48. The topological polar surface area (TPSA) is 38.0 Å². The number of rotatable bonds is 4. The fraction of sp³-hybridized carbons (Fsp3) is 0.647. The molecule has 106 valence electrons. The second-order valence-electron chi connectivity index (χ2n) is 7.11. The number of aryl methyl sites for hydroxylation is 1. The largest absolute Gasteiger partial charge is 0.330 e. The lowest BCUT2D eigenvalue weighted by atomic mass is 9.82. The lowest BCUT2D eigenvalue weighted by molar-refractivity contribution is 0.365. The Kier molecular flexibility index (Phi) is 3.76. The molecular formula is C17H28N2. The van der Waals surface area contributed by atoms with Gasteiger partial charge in [0.1, 0.15) is 0 Å². The molecule has 0 aliphatic heterocycles. The third kappa shape index (κ3) is 2.70. The van der Waals surface area contributed by atoms with Crippen molar-refractivity contribution in [1.29, 1.82) is 0 Å². The smallest absolute Gasteiger partial charge is 0.0389 e. The molecular weight excluding hydrogens is 232 g/mol. The molecule has 1 saturated carbocycles. The van der Waals surface area contributed by atoms with Gasteiger partial charge in [-0.1, -0.05) is 39.0 Å². The first-order valence-corrected chi connectivity index (χ1v) is 7.32. The van der Waals surface area contributed by atoms with Crippen LogP contribution in [0.3, 0.4) is 0 Å². The molecule has 1 fully saturated rings. The quantitative estimate of drug-likeness (QED) is 0.872. The molecule has 1 aromatic carbocycles. The van der Waals surface area contributed by atoms with Crippen LogP contribution in [0.25, 0.3) is 0 Å². The third-order valence-electron chi connectivity index (χ3n) is 4.65. The van der Waals surface area contributed by atoms with Gasteiger partial charge in [-0.25, -0.2) is 0 Å². The van der Waals surface area contributed by atoms with Crippen LogP contribution in [0.2, 0.25) is 0 Å². The van der Waals surface area contributed by atoms with Gasteiger partial charge in [0.2, 0.25) is 0 Å². The van der Waals surface area contributed by atoms with Gasteiger partial charge in [-0.2, -0.15) is 0 Å². The second-order valence-corrected chi connectivity index (χ2v) is 7.11. The van der Waals surface area contributed by atoms with Gasteiger partial charge in [-0.3, -0.25) is 0 Å². The first kappa shape index (κ1) is 14.5. The molecule has 1 aromatic rings. The van der Waals surface area contributed by atoms with Gasteiger partial charge in [-0.05, 0) is 55.5 Å². The van der Waals surface area contributed by atoms with E-state index in [1.807, 2.05) is 0 Å². The average molecular weight is 260 g/mol. The SMILES string of the molecule is CNC(c1ccc(C(C)(C)C)cc1C)C1(CN)CC1. The number of hydrogen-bond acceptors (Lipinski definition) is 2. The van der Waals surface area contributed by atoms with Crippen LogP contribution < -0.4 is 11.1 Å². The summed E-state index contributed by atoms with van der Waals surface area (Å²) in [5.74, 6) is 0. The number of benzene rings is 1. The van der Waals surface area contributed by atoms with Gasteiger partial charge in [0, 0.05) is 11.5 Å². The van der Waals surface area contributed by atoms with Crippen molar-refractivity contribution in [3.8, 4) is 0 Å². The van der Waals surface area contributed by atoms with E-state index in [-0.39, 0.29) is 5.41 Å². The predicted molar refractivity (Wildman–Crippen MR) is 82.4 cm³/mol. The minimum Gasteiger partial charge on any atom is -0.330 e. The second kappa shape index (κ2) is 4.92. The fourth-order valence-corrected chi connectivity index (χ4v) is 3.03. The maximum absolute atomic E-state index is 5.99. The minimum absolute atomic E-state index is 0.212. The lowest BCUT2D eigenvalue weighted by Gasteiger charge is -2.29. The monoisotopic (exact) mass is 260 g/mol. The summed E-state index contributed by atoms with van der Waals surface area (Å²) >= 11 is 0. The Morgan fingerprint density at radius 3 is 2.32 bits per heavy atom. The van der Waals surface area contributed by atoms with Crippen LogP contribution in [0.1, 0.15) is 56.3 Å². The number of nitrogens with one attached hydrogen (secondary N) is 1. The molecule has 2 rings (SSSR count). The highest BCUT2D eigenvalue weighted by molar-refractivity contribution is 5.38. The molecule has 0 heterocycles. The normalized spacial score (nSPS) is 19.3. The molecule has 1 atom stereocenters. The fourth-order valence-electron chi connectivity index (χ4n) is 3.03. The summed E-state index contributed by atoms with van der Waals surface area (Å²) in [5, 5.41) is 3.49. The Hall–Kier alpha value is -0.860. The summed E-state index contributed by atoms with van der Waals surface area (Å²) in [7, 11) is 2.05. The number of nitrogens with two attached hydrogens (primary N) is 1. The van der Waals surface area contributed by atoms with E-state index in [4.69, 9.17) is 5.73 Å². The van der Waals surface area contributed by atoms with Crippen molar-refractivity contribution in [3.63, 3.8) is 0 Å². The van der Waals surface area contributed by atoms with E-state index in [0.717, 1.165) is 6.54 Å². The van der Waals surface area contributed by atoms with Crippen LogP contribution in [-0.4, -0.2) is 13.6 Å². The van der Waals surface area contributed by atoms with Crippen molar-refractivity contribution in [1.82, 2.24) is 5.32 Å². The summed E-state index contributed by atoms with van der Waals surface area (Å²) in [5.41, 5.74) is 10.7. The van der Waals surface area contributed by atoms with E-state index in [9.17, 15) is 0 Å². The maximum atomic E-state index is 5.99. The van der Waals surface area contributed by atoms with E-state index >= 15 is 0 Å².